The van der Waals surface area contributed by atoms with Gasteiger partial charge in [0.2, 0.25) is 0 Å². The van der Waals surface area contributed by atoms with Gasteiger partial charge >= 0.3 is 144 Å². The molecule has 144 valence electrons. The van der Waals surface area contributed by atoms with E-state index in [9.17, 15) is 0 Å². The Hall–Kier alpha value is -1.50. The van der Waals surface area contributed by atoms with Crippen molar-refractivity contribution in [3.8, 4) is 11.1 Å². The maximum atomic E-state index is 3.36. The average molecular weight is 438 g/mol. The van der Waals surface area contributed by atoms with E-state index in [1.54, 1.807) is 23.3 Å². The van der Waals surface area contributed by atoms with Gasteiger partial charge in [-0.15, -0.1) is 0 Å². The van der Waals surface area contributed by atoms with Gasteiger partial charge < -0.3 is 0 Å². The Morgan fingerprint density at radius 2 is 1.14 bits per heavy atom. The Balaban J connectivity index is 0.000000515. The summed E-state index contributed by atoms with van der Waals surface area (Å²) in [6.45, 7) is 7.70. The van der Waals surface area contributed by atoms with Crippen molar-refractivity contribution >= 4 is 22.8 Å². The summed E-state index contributed by atoms with van der Waals surface area (Å²) in [5.41, 5.74) is 6.07. The second-order valence-electron chi connectivity index (χ2n) is 7.29. The summed E-state index contributed by atoms with van der Waals surface area (Å²) in [4.78, 5) is 0. The first-order valence-electron chi connectivity index (χ1n) is 9.33. The predicted molar refractivity (Wildman–Crippen MR) is 132 cm³/mol. The predicted octanol–water partition coefficient (Wildman–Crippen LogP) is 5.83. The van der Waals surface area contributed by atoms with Crippen LogP contribution in [0, 0.1) is 0 Å². The molecule has 0 heterocycles. The van der Waals surface area contributed by atoms with Gasteiger partial charge in [0.1, 0.15) is 0 Å². The molecule has 28 heavy (non-hydrogen) atoms. The first-order chi connectivity index (χ1) is 13.1. The zero-order valence-corrected chi connectivity index (χ0v) is 18.7. The van der Waals surface area contributed by atoms with Crippen LogP contribution in [0.15, 0.2) is 104 Å². The van der Waals surface area contributed by atoms with E-state index in [4.69, 9.17) is 0 Å². The van der Waals surface area contributed by atoms with Crippen LogP contribution in [-0.2, 0) is 16.1 Å². The summed E-state index contributed by atoms with van der Waals surface area (Å²) in [5, 5.41) is 6.74. The van der Waals surface area contributed by atoms with Crippen molar-refractivity contribution < 1.29 is 16.1 Å². The maximum absolute atomic E-state index is 3.36. The fourth-order valence-corrected chi connectivity index (χ4v) is 14.6. The van der Waals surface area contributed by atoms with Crippen LogP contribution in [0.5, 0.6) is 0 Å². The Morgan fingerprint density at radius 1 is 0.714 bits per heavy atom. The fourth-order valence-electron chi connectivity index (χ4n) is 3.90. The van der Waals surface area contributed by atoms with Crippen LogP contribution < -0.4 is 5.30 Å². The second kappa shape index (κ2) is 10.3. The van der Waals surface area contributed by atoms with Crippen LogP contribution in [-0.4, -0.2) is 11.0 Å². The molecule has 0 bridgehead atoms. The summed E-state index contributed by atoms with van der Waals surface area (Å²) in [5.74, 6) is 0. The monoisotopic (exact) mass is 438 g/mol. The molecular formula is C25H31PSiTi. The van der Waals surface area contributed by atoms with E-state index < -0.39 is 16.1 Å². The van der Waals surface area contributed by atoms with Crippen LogP contribution in [0.25, 0.3) is 11.1 Å². The summed E-state index contributed by atoms with van der Waals surface area (Å²) in [6.07, 6.45) is 3.28. The van der Waals surface area contributed by atoms with E-state index in [2.05, 4.69) is 102 Å². The topological polar surface area (TPSA) is 0 Å². The zero-order chi connectivity index (χ0) is 19.3. The number of hydrogen-bond acceptors (Lipinski definition) is 0. The Bertz CT molecular complexity index is 883. The second-order valence-corrected chi connectivity index (χ2v) is 20.9. The van der Waals surface area contributed by atoms with Crippen molar-refractivity contribution in [2.24, 2.45) is 0 Å². The first-order valence-corrected chi connectivity index (χ1v) is 16.7. The number of rotatable bonds is 4. The minimum absolute atomic E-state index is 0. The molecule has 0 fully saturated rings. The maximum Gasteiger partial charge on any atom is -0.0149 e. The van der Waals surface area contributed by atoms with Crippen molar-refractivity contribution in [2.45, 2.75) is 14.7 Å². The van der Waals surface area contributed by atoms with Crippen molar-refractivity contribution in [1.82, 2.24) is 0 Å². The molecule has 0 saturated carbocycles. The number of allylic oxidation sites excluding steroid dienone is 2. The van der Waals surface area contributed by atoms with E-state index in [-0.39, 0.29) is 11.0 Å². The molecule has 0 nitrogen and oxygen atoms in total. The number of benzene rings is 3. The van der Waals surface area contributed by atoms with E-state index >= 15 is 0 Å². The third-order valence-corrected chi connectivity index (χ3v) is 15.0. The number of hydrogen-bond donors (Lipinski definition) is 0. The molecule has 1 aliphatic rings. The van der Waals surface area contributed by atoms with Crippen LogP contribution in [0.4, 0.5) is 0 Å². The molecule has 1 aliphatic carbocycles. The Morgan fingerprint density at radius 3 is 1.61 bits per heavy atom. The molecule has 1 atom stereocenters. The minimum atomic E-state index is -2.08. The molecule has 0 N–H and O–H groups in total. The van der Waals surface area contributed by atoms with Gasteiger partial charge in [-0.2, -0.15) is 0 Å². The average Bonchev–Trinajstić information content (AvgIpc) is 3.04. The van der Waals surface area contributed by atoms with Crippen LogP contribution in [0.1, 0.15) is 15.3 Å². The van der Waals surface area contributed by atoms with Crippen molar-refractivity contribution in [3.63, 3.8) is 0 Å². The van der Waals surface area contributed by atoms with Gasteiger partial charge in [0.15, 0.2) is 0 Å². The Kier molecular flexibility index (Phi) is 8.40. The molecular weight excluding hydrogens is 407 g/mol. The summed E-state index contributed by atoms with van der Waals surface area (Å²) >= 11 is -2.08. The third-order valence-electron chi connectivity index (χ3n) is 4.96. The molecule has 0 aliphatic heterocycles. The van der Waals surface area contributed by atoms with Gasteiger partial charge in [-0.25, -0.2) is 0 Å². The van der Waals surface area contributed by atoms with Crippen LogP contribution in [0.3, 0.4) is 0 Å². The summed E-state index contributed by atoms with van der Waals surface area (Å²) in [7, 11) is 0. The van der Waals surface area contributed by atoms with E-state index in [0.717, 1.165) is 6.57 Å². The van der Waals surface area contributed by atoms with Crippen molar-refractivity contribution in [3.05, 3.63) is 115 Å². The van der Waals surface area contributed by atoms with E-state index in [1.165, 1.54) is 16.4 Å². The molecule has 3 aromatic carbocycles. The van der Waals surface area contributed by atoms with Crippen LogP contribution in [0.2, 0.25) is 10.5 Å². The first kappa shape index (κ1) is 22.8. The fraction of sp³-hybridized carbons (Fsp3) is 0.120. The third kappa shape index (κ3) is 4.91. The normalized spacial score (nSPS) is 12.4. The summed E-state index contributed by atoms with van der Waals surface area (Å²) < 4.78 is 0.654. The van der Waals surface area contributed by atoms with Gasteiger partial charge in [0, 0.05) is 0 Å². The Labute approximate surface area is 179 Å². The molecule has 0 saturated heterocycles. The van der Waals surface area contributed by atoms with Gasteiger partial charge in [0.25, 0.3) is 0 Å². The van der Waals surface area contributed by atoms with Gasteiger partial charge in [0.05, 0.1) is 0 Å². The quantitative estimate of drug-likeness (QED) is 0.273. The molecule has 1 unspecified atom stereocenters. The minimum Gasteiger partial charge on any atom is -0.0149 e. The smallest absolute Gasteiger partial charge is 0.0149 e. The van der Waals surface area contributed by atoms with E-state index in [0.29, 0.717) is 4.22 Å². The van der Waals surface area contributed by atoms with Crippen molar-refractivity contribution in [2.75, 3.05) is 0 Å². The molecule has 4 rings (SSSR count). The molecule has 0 aromatic heterocycles. The van der Waals surface area contributed by atoms with Gasteiger partial charge in [-0.05, 0) is 11.0 Å². The summed E-state index contributed by atoms with van der Waals surface area (Å²) in [6, 6.07) is 29.2. The molecule has 3 aromatic rings. The van der Waals surface area contributed by atoms with Crippen molar-refractivity contribution in [1.29, 1.82) is 0 Å². The molecule has 0 radical (unpaired) electrons. The van der Waals surface area contributed by atoms with Gasteiger partial charge in [-0.1, -0.05) is 25.3 Å². The largest absolute Gasteiger partial charge is 0.0149 e. The molecule has 3 heteroatoms. The van der Waals surface area contributed by atoms with E-state index in [1.807, 2.05) is 0 Å². The SMILES string of the molecule is C=CC=C.[CH3][Ti]([CH3])([PH]c1ccccc1)[CH]1c2ccccc2-c2ccccc21.[SiH4]. The number of fused-ring (bicyclic) bond motifs is 3. The zero-order valence-electron chi connectivity index (χ0n) is 16.2. The van der Waals surface area contributed by atoms with Gasteiger partial charge in [-0.3, -0.25) is 0 Å². The standard InChI is InChI=1S/C13H9.C6H6P.C4H6.2CH3.H4Si.Ti/c1-3-7-12-10(5-1)9-11-6-2-4-8-13(11)12;7-6-4-2-1-3-5-6;1-3-4-2;;;;/h1-9H;1-5,7H;3-4H,1-2H2;2*1H3;1H4;/q;-1;;;;;+1. The molecule has 0 spiro atoms. The van der Waals surface area contributed by atoms with Crippen LogP contribution >= 0.6 is 6.57 Å². The molecule has 0 amide bonds.